The Balaban J connectivity index is 1.57. The van der Waals surface area contributed by atoms with Crippen molar-refractivity contribution < 1.29 is 9.59 Å². The zero-order valence-corrected chi connectivity index (χ0v) is 12.6. The van der Waals surface area contributed by atoms with E-state index in [1.807, 2.05) is 24.3 Å². The number of urea groups is 1. The molecule has 1 aromatic carbocycles. The van der Waals surface area contributed by atoms with Gasteiger partial charge in [0.2, 0.25) is 5.91 Å². The van der Waals surface area contributed by atoms with E-state index in [-0.39, 0.29) is 11.8 Å². The van der Waals surface area contributed by atoms with Crippen molar-refractivity contribution in [3.8, 4) is 5.69 Å². The molecule has 8 heteroatoms. The van der Waals surface area contributed by atoms with Gasteiger partial charge in [0.1, 0.15) is 12.7 Å². The van der Waals surface area contributed by atoms with E-state index in [2.05, 4.69) is 15.4 Å². The molecule has 3 amide bonds. The lowest BCUT2D eigenvalue weighted by molar-refractivity contribution is -0.121. The fourth-order valence-corrected chi connectivity index (χ4v) is 2.65. The number of piperidine rings is 1. The van der Waals surface area contributed by atoms with Crippen molar-refractivity contribution in [3.05, 3.63) is 36.9 Å². The van der Waals surface area contributed by atoms with Crippen LogP contribution >= 0.6 is 0 Å². The molecule has 1 fully saturated rings. The Bertz CT molecular complexity index is 675. The number of carbonyl (C=O) groups excluding carboxylic acids is 2. The Morgan fingerprint density at radius 3 is 2.43 bits per heavy atom. The molecule has 2 heterocycles. The Morgan fingerprint density at radius 2 is 1.87 bits per heavy atom. The number of primary amides is 1. The van der Waals surface area contributed by atoms with Crippen molar-refractivity contribution in [1.82, 2.24) is 19.7 Å². The van der Waals surface area contributed by atoms with Gasteiger partial charge in [-0.1, -0.05) is 0 Å². The Hall–Kier alpha value is -2.90. The van der Waals surface area contributed by atoms with Gasteiger partial charge in [-0.05, 0) is 37.1 Å². The van der Waals surface area contributed by atoms with Crippen molar-refractivity contribution in [3.63, 3.8) is 0 Å². The lowest BCUT2D eigenvalue weighted by Gasteiger charge is -2.29. The first-order chi connectivity index (χ1) is 11.1. The number of benzene rings is 1. The minimum atomic E-state index is -0.424. The second-order valence-corrected chi connectivity index (χ2v) is 5.48. The first kappa shape index (κ1) is 15.0. The molecule has 1 aliphatic heterocycles. The highest BCUT2D eigenvalue weighted by Crippen LogP contribution is 2.20. The van der Waals surface area contributed by atoms with Crippen LogP contribution in [0.25, 0.3) is 5.69 Å². The Kier molecular flexibility index (Phi) is 4.22. The normalized spacial score (nSPS) is 15.4. The minimum Gasteiger partial charge on any atom is -0.351 e. The van der Waals surface area contributed by atoms with Gasteiger partial charge < -0.3 is 16.0 Å². The maximum absolute atomic E-state index is 12.3. The van der Waals surface area contributed by atoms with Crippen LogP contribution in [0, 0.1) is 5.92 Å². The lowest BCUT2D eigenvalue weighted by atomic mass is 9.96. The summed E-state index contributed by atoms with van der Waals surface area (Å²) < 4.78 is 1.64. The average Bonchev–Trinajstić information content (AvgIpc) is 3.10. The molecule has 3 N–H and O–H groups in total. The largest absolute Gasteiger partial charge is 0.351 e. The fraction of sp³-hybridized carbons (Fsp3) is 0.333. The van der Waals surface area contributed by atoms with Gasteiger partial charge in [-0.3, -0.25) is 4.79 Å². The number of hydrogen-bond donors (Lipinski definition) is 2. The highest BCUT2D eigenvalue weighted by Gasteiger charge is 2.26. The standard InChI is InChI=1S/C15H18N6O2/c16-15(23)20-7-5-11(6-8-20)14(22)19-12-1-3-13(4-2-12)21-10-17-9-18-21/h1-4,9-11H,5-8H2,(H2,16,23)(H,19,22). The number of nitrogens with one attached hydrogen (secondary N) is 1. The molecule has 0 unspecified atom stereocenters. The van der Waals surface area contributed by atoms with Crippen LogP contribution in [0.3, 0.4) is 0 Å². The third-order valence-electron chi connectivity index (χ3n) is 4.00. The molecule has 0 bridgehead atoms. The van der Waals surface area contributed by atoms with Crippen LogP contribution in [0.1, 0.15) is 12.8 Å². The quantitative estimate of drug-likeness (QED) is 0.881. The molecule has 0 spiro atoms. The minimum absolute atomic E-state index is 0.0253. The molecule has 1 saturated heterocycles. The molecule has 1 aromatic heterocycles. The predicted octanol–water partition coefficient (Wildman–Crippen LogP) is 0.996. The van der Waals surface area contributed by atoms with Crippen LogP contribution in [0.2, 0.25) is 0 Å². The summed E-state index contributed by atoms with van der Waals surface area (Å²) in [6.45, 7) is 1.05. The van der Waals surface area contributed by atoms with E-state index in [4.69, 9.17) is 5.73 Å². The molecule has 0 atom stereocenters. The number of likely N-dealkylation sites (tertiary alicyclic amines) is 1. The van der Waals surface area contributed by atoms with Crippen LogP contribution in [-0.2, 0) is 4.79 Å². The summed E-state index contributed by atoms with van der Waals surface area (Å²) in [5, 5.41) is 6.96. The SMILES string of the molecule is NC(=O)N1CCC(C(=O)Nc2ccc(-n3cncn3)cc2)CC1. The first-order valence-electron chi connectivity index (χ1n) is 7.44. The maximum Gasteiger partial charge on any atom is 0.314 e. The van der Waals surface area contributed by atoms with E-state index in [1.54, 1.807) is 15.9 Å². The van der Waals surface area contributed by atoms with Gasteiger partial charge in [0.05, 0.1) is 5.69 Å². The number of amides is 3. The monoisotopic (exact) mass is 314 g/mol. The van der Waals surface area contributed by atoms with E-state index >= 15 is 0 Å². The number of nitrogens with two attached hydrogens (primary N) is 1. The fourth-order valence-electron chi connectivity index (χ4n) is 2.65. The molecule has 0 saturated carbocycles. The molecule has 3 rings (SSSR count). The third-order valence-corrected chi connectivity index (χ3v) is 4.00. The summed E-state index contributed by atoms with van der Waals surface area (Å²) in [6, 6.07) is 6.95. The number of rotatable bonds is 3. The summed E-state index contributed by atoms with van der Waals surface area (Å²) in [5.74, 6) is -0.122. The van der Waals surface area contributed by atoms with Crippen molar-refractivity contribution in [1.29, 1.82) is 0 Å². The molecular weight excluding hydrogens is 296 g/mol. The first-order valence-corrected chi connectivity index (χ1v) is 7.44. The summed E-state index contributed by atoms with van der Waals surface area (Å²) >= 11 is 0. The molecule has 8 nitrogen and oxygen atoms in total. The zero-order chi connectivity index (χ0) is 16.2. The summed E-state index contributed by atoms with van der Waals surface area (Å²) in [7, 11) is 0. The molecule has 1 aliphatic rings. The van der Waals surface area contributed by atoms with Crippen LogP contribution in [0.4, 0.5) is 10.5 Å². The molecule has 120 valence electrons. The Morgan fingerprint density at radius 1 is 1.17 bits per heavy atom. The average molecular weight is 314 g/mol. The number of aromatic nitrogens is 3. The van der Waals surface area contributed by atoms with Gasteiger partial charge in [-0.15, -0.1) is 0 Å². The van der Waals surface area contributed by atoms with Gasteiger partial charge in [0.15, 0.2) is 0 Å². The number of carbonyl (C=O) groups is 2. The number of anilines is 1. The van der Waals surface area contributed by atoms with E-state index in [9.17, 15) is 9.59 Å². The number of nitrogens with zero attached hydrogens (tertiary/aromatic N) is 4. The van der Waals surface area contributed by atoms with Crippen molar-refractivity contribution in [2.45, 2.75) is 12.8 Å². The summed E-state index contributed by atoms with van der Waals surface area (Å²) in [5.41, 5.74) is 6.84. The van der Waals surface area contributed by atoms with Crippen molar-refractivity contribution >= 4 is 17.6 Å². The smallest absolute Gasteiger partial charge is 0.314 e. The lowest BCUT2D eigenvalue weighted by Crippen LogP contribution is -2.43. The second kappa shape index (κ2) is 6.47. The molecule has 23 heavy (non-hydrogen) atoms. The maximum atomic E-state index is 12.3. The van der Waals surface area contributed by atoms with Gasteiger partial charge in [0, 0.05) is 24.7 Å². The zero-order valence-electron chi connectivity index (χ0n) is 12.6. The summed E-state index contributed by atoms with van der Waals surface area (Å²) in [4.78, 5) is 28.8. The van der Waals surface area contributed by atoms with Crippen LogP contribution < -0.4 is 11.1 Å². The molecule has 0 aliphatic carbocycles. The van der Waals surface area contributed by atoms with Crippen molar-refractivity contribution in [2.24, 2.45) is 11.7 Å². The van der Waals surface area contributed by atoms with Gasteiger partial charge in [-0.2, -0.15) is 5.10 Å². The van der Waals surface area contributed by atoms with Crippen LogP contribution in [0.15, 0.2) is 36.9 Å². The van der Waals surface area contributed by atoms with Crippen LogP contribution in [0.5, 0.6) is 0 Å². The van der Waals surface area contributed by atoms with E-state index in [0.717, 1.165) is 11.4 Å². The molecular formula is C15H18N6O2. The summed E-state index contributed by atoms with van der Waals surface area (Å²) in [6.07, 6.45) is 4.34. The number of hydrogen-bond acceptors (Lipinski definition) is 4. The van der Waals surface area contributed by atoms with Gasteiger partial charge >= 0.3 is 6.03 Å². The van der Waals surface area contributed by atoms with E-state index < -0.39 is 6.03 Å². The molecule has 2 aromatic rings. The second-order valence-electron chi connectivity index (χ2n) is 5.48. The predicted molar refractivity (Wildman–Crippen MR) is 83.9 cm³/mol. The highest BCUT2D eigenvalue weighted by atomic mass is 16.2. The highest BCUT2D eigenvalue weighted by molar-refractivity contribution is 5.92. The van der Waals surface area contributed by atoms with Crippen molar-refractivity contribution in [2.75, 3.05) is 18.4 Å². The Labute approximate surface area is 133 Å². The van der Waals surface area contributed by atoms with E-state index in [1.165, 1.54) is 6.33 Å². The molecule has 0 radical (unpaired) electrons. The van der Waals surface area contributed by atoms with Crippen LogP contribution in [-0.4, -0.2) is 44.7 Å². The van der Waals surface area contributed by atoms with Gasteiger partial charge in [0.25, 0.3) is 0 Å². The third kappa shape index (κ3) is 3.47. The van der Waals surface area contributed by atoms with Gasteiger partial charge in [-0.25, -0.2) is 14.5 Å². The van der Waals surface area contributed by atoms with E-state index in [0.29, 0.717) is 25.9 Å². The topological polar surface area (TPSA) is 106 Å².